The summed E-state index contributed by atoms with van der Waals surface area (Å²) in [6.07, 6.45) is 4.36. The molecule has 0 amide bonds. The molecule has 0 aromatic rings. The Labute approximate surface area is 98.9 Å². The number of hydrogen-bond donors (Lipinski definition) is 4. The van der Waals surface area contributed by atoms with Crippen LogP contribution in [0.25, 0.3) is 0 Å². The molecule has 0 aromatic heterocycles. The number of rotatable bonds is 8. The van der Waals surface area contributed by atoms with Gasteiger partial charge in [-0.2, -0.15) is 0 Å². The Kier molecular flexibility index (Phi) is 16.9. The highest BCUT2D eigenvalue weighted by molar-refractivity contribution is 4.51. The number of aliphatic hydroxyl groups excluding tert-OH is 4. The Balaban J connectivity index is 0. The van der Waals surface area contributed by atoms with Crippen molar-refractivity contribution in [3.8, 4) is 0 Å². The first-order chi connectivity index (χ1) is 7.58. The average Bonchev–Trinajstić information content (AvgIpc) is 2.19. The van der Waals surface area contributed by atoms with E-state index in [9.17, 15) is 0 Å². The average molecular weight is 236 g/mol. The van der Waals surface area contributed by atoms with Crippen molar-refractivity contribution < 1.29 is 20.4 Å². The number of unbranched alkanes of at least 4 members (excludes halogenated alkanes) is 1. The van der Waals surface area contributed by atoms with E-state index < -0.39 is 0 Å². The molecule has 2 unspecified atom stereocenters. The van der Waals surface area contributed by atoms with Gasteiger partial charge in [0.25, 0.3) is 0 Å². The molecule has 4 N–H and O–H groups in total. The monoisotopic (exact) mass is 236 g/mol. The van der Waals surface area contributed by atoms with Crippen LogP contribution in [-0.4, -0.2) is 45.8 Å². The van der Waals surface area contributed by atoms with Crippen LogP contribution in [0.3, 0.4) is 0 Å². The quantitative estimate of drug-likeness (QED) is 0.475. The summed E-state index contributed by atoms with van der Waals surface area (Å²) in [6.45, 7) is 4.12. The molecule has 0 fully saturated rings. The van der Waals surface area contributed by atoms with E-state index in [0.717, 1.165) is 32.1 Å². The Morgan fingerprint density at radius 3 is 1.88 bits per heavy atom. The van der Waals surface area contributed by atoms with E-state index in [4.69, 9.17) is 20.4 Å². The van der Waals surface area contributed by atoms with E-state index in [-0.39, 0.29) is 25.4 Å². The Hall–Kier alpha value is -0.160. The minimum Gasteiger partial charge on any atom is -0.396 e. The summed E-state index contributed by atoms with van der Waals surface area (Å²) >= 11 is 0. The van der Waals surface area contributed by atoms with Crippen LogP contribution in [0.1, 0.15) is 52.4 Å². The predicted octanol–water partition coefficient (Wildman–Crippen LogP) is 1.06. The summed E-state index contributed by atoms with van der Waals surface area (Å²) < 4.78 is 0. The molecule has 0 saturated heterocycles. The van der Waals surface area contributed by atoms with E-state index in [2.05, 4.69) is 0 Å². The Morgan fingerprint density at radius 1 is 0.875 bits per heavy atom. The highest BCUT2D eigenvalue weighted by Crippen LogP contribution is 1.98. The second-order valence-corrected chi connectivity index (χ2v) is 4.02. The van der Waals surface area contributed by atoms with E-state index in [1.165, 1.54) is 0 Å². The molecule has 4 heteroatoms. The van der Waals surface area contributed by atoms with Crippen LogP contribution >= 0.6 is 0 Å². The molecule has 0 rings (SSSR count). The van der Waals surface area contributed by atoms with Crippen molar-refractivity contribution in [3.63, 3.8) is 0 Å². The molecule has 0 aliphatic carbocycles. The van der Waals surface area contributed by atoms with Crippen LogP contribution in [0.15, 0.2) is 0 Å². The lowest BCUT2D eigenvalue weighted by Crippen LogP contribution is -2.07. The zero-order valence-corrected chi connectivity index (χ0v) is 10.6. The summed E-state index contributed by atoms with van der Waals surface area (Å²) in [6, 6.07) is 0. The van der Waals surface area contributed by atoms with Crippen LogP contribution in [0.4, 0.5) is 0 Å². The molecule has 0 aromatic carbocycles. The number of hydrogen-bond acceptors (Lipinski definition) is 4. The van der Waals surface area contributed by atoms with Crippen LogP contribution in [0.5, 0.6) is 0 Å². The maximum absolute atomic E-state index is 8.89. The van der Waals surface area contributed by atoms with Gasteiger partial charge in [0.2, 0.25) is 0 Å². The van der Waals surface area contributed by atoms with E-state index in [0.29, 0.717) is 6.42 Å². The third kappa shape index (κ3) is 19.4. The first-order valence-electron chi connectivity index (χ1n) is 6.16. The highest BCUT2D eigenvalue weighted by atomic mass is 16.3. The molecule has 0 radical (unpaired) electrons. The van der Waals surface area contributed by atoms with E-state index in [1.54, 1.807) is 6.92 Å². The normalized spacial score (nSPS) is 13.9. The van der Waals surface area contributed by atoms with Gasteiger partial charge in [-0.3, -0.25) is 0 Å². The fourth-order valence-electron chi connectivity index (χ4n) is 1.18. The van der Waals surface area contributed by atoms with Gasteiger partial charge in [0, 0.05) is 13.2 Å². The zero-order chi connectivity index (χ0) is 12.8. The molecule has 0 aliphatic rings. The molecular weight excluding hydrogens is 208 g/mol. The molecule has 0 bridgehead atoms. The maximum Gasteiger partial charge on any atom is 0.0562 e. The summed E-state index contributed by atoms with van der Waals surface area (Å²) in [4.78, 5) is 0. The lowest BCUT2D eigenvalue weighted by Gasteiger charge is -2.04. The van der Waals surface area contributed by atoms with Gasteiger partial charge < -0.3 is 20.4 Å². The van der Waals surface area contributed by atoms with Crippen molar-refractivity contribution in [1.29, 1.82) is 0 Å². The fraction of sp³-hybridized carbons (Fsp3) is 1.00. The van der Waals surface area contributed by atoms with Crippen LogP contribution < -0.4 is 0 Å². The Morgan fingerprint density at radius 2 is 1.50 bits per heavy atom. The summed E-state index contributed by atoms with van der Waals surface area (Å²) in [5.41, 5.74) is 0. The zero-order valence-electron chi connectivity index (χ0n) is 10.6. The highest BCUT2D eigenvalue weighted by Gasteiger charge is 1.98. The minimum absolute atomic E-state index is 0.0984. The predicted molar refractivity (Wildman–Crippen MR) is 65.2 cm³/mol. The standard InChI is InChI=1S/2C6H14O2/c1-6(8)4-2-3-5-7;1-2-3-6(8)4-5-7/h2*6-8H,2-5H2,1H3. The van der Waals surface area contributed by atoms with Gasteiger partial charge in [-0.25, -0.2) is 0 Å². The molecule has 16 heavy (non-hydrogen) atoms. The third-order valence-corrected chi connectivity index (χ3v) is 2.11. The van der Waals surface area contributed by atoms with Gasteiger partial charge in [-0.1, -0.05) is 13.3 Å². The molecule has 0 saturated carbocycles. The smallest absolute Gasteiger partial charge is 0.0562 e. The van der Waals surface area contributed by atoms with Gasteiger partial charge in [-0.05, 0) is 39.0 Å². The van der Waals surface area contributed by atoms with Gasteiger partial charge in [0.15, 0.2) is 0 Å². The van der Waals surface area contributed by atoms with Crippen molar-refractivity contribution in [2.24, 2.45) is 0 Å². The summed E-state index contributed by atoms with van der Waals surface area (Å²) in [5.74, 6) is 0. The van der Waals surface area contributed by atoms with Gasteiger partial charge in [0.1, 0.15) is 0 Å². The SMILES string of the molecule is CC(O)CCCCO.CCCC(O)CCO. The fourth-order valence-corrected chi connectivity index (χ4v) is 1.18. The first kappa shape index (κ1) is 18.2. The van der Waals surface area contributed by atoms with E-state index >= 15 is 0 Å². The lowest BCUT2D eigenvalue weighted by molar-refractivity contribution is 0.124. The second kappa shape index (κ2) is 14.8. The lowest BCUT2D eigenvalue weighted by atomic mass is 10.2. The van der Waals surface area contributed by atoms with Crippen molar-refractivity contribution in [3.05, 3.63) is 0 Å². The topological polar surface area (TPSA) is 80.9 Å². The van der Waals surface area contributed by atoms with Gasteiger partial charge in [-0.15, -0.1) is 0 Å². The number of aliphatic hydroxyl groups is 4. The van der Waals surface area contributed by atoms with Gasteiger partial charge in [0.05, 0.1) is 12.2 Å². The minimum atomic E-state index is -0.287. The van der Waals surface area contributed by atoms with Crippen molar-refractivity contribution in [1.82, 2.24) is 0 Å². The molecule has 2 atom stereocenters. The molecule has 100 valence electrons. The van der Waals surface area contributed by atoms with Crippen molar-refractivity contribution >= 4 is 0 Å². The second-order valence-electron chi connectivity index (χ2n) is 4.02. The first-order valence-corrected chi connectivity index (χ1v) is 6.16. The van der Waals surface area contributed by atoms with Crippen molar-refractivity contribution in [2.75, 3.05) is 13.2 Å². The van der Waals surface area contributed by atoms with Crippen molar-refractivity contribution in [2.45, 2.75) is 64.6 Å². The maximum atomic E-state index is 8.89. The largest absolute Gasteiger partial charge is 0.396 e. The molecule has 0 aliphatic heterocycles. The molecule has 0 spiro atoms. The molecular formula is C12H28O4. The van der Waals surface area contributed by atoms with Crippen LogP contribution in [0.2, 0.25) is 0 Å². The van der Waals surface area contributed by atoms with Crippen LogP contribution in [0, 0.1) is 0 Å². The van der Waals surface area contributed by atoms with Gasteiger partial charge >= 0.3 is 0 Å². The Bertz CT molecular complexity index is 112. The molecule has 0 heterocycles. The molecule has 4 nitrogen and oxygen atoms in total. The summed E-state index contributed by atoms with van der Waals surface area (Å²) in [5, 5.41) is 34.2. The summed E-state index contributed by atoms with van der Waals surface area (Å²) in [7, 11) is 0. The van der Waals surface area contributed by atoms with Crippen LogP contribution in [-0.2, 0) is 0 Å². The van der Waals surface area contributed by atoms with E-state index in [1.807, 2.05) is 6.92 Å². The third-order valence-electron chi connectivity index (χ3n) is 2.11.